The van der Waals surface area contributed by atoms with Gasteiger partial charge in [0.05, 0.1) is 18.6 Å². The standard InChI is InChI=1S/C25H19FN4O3/c1-24(11-31-12-24)5-4-15-6-19-22(20(26)7-15)33-21-3-2-16(17-9-28-14-29-10-17)8-18(21)25(19)13-32-23(27)30-25/h2-3,6-10,14H,11-13H2,1H3,(H2,27,30)/t25-/m0/s1. The number of aliphatic imine (C=N–C) groups is 1. The Hall–Kier alpha value is -3.96. The molecular weight excluding hydrogens is 423 g/mol. The number of rotatable bonds is 1. The third kappa shape index (κ3) is 3.12. The van der Waals surface area contributed by atoms with Gasteiger partial charge in [0.1, 0.15) is 18.7 Å². The van der Waals surface area contributed by atoms with E-state index < -0.39 is 11.4 Å². The van der Waals surface area contributed by atoms with Crippen molar-refractivity contribution in [3.8, 4) is 34.5 Å². The molecule has 0 amide bonds. The number of aromatic nitrogens is 2. The Bertz CT molecular complexity index is 1380. The van der Waals surface area contributed by atoms with Crippen LogP contribution in [0.5, 0.6) is 11.5 Å². The van der Waals surface area contributed by atoms with Crippen molar-refractivity contribution in [2.45, 2.75) is 12.5 Å². The largest absolute Gasteiger partial charge is 0.462 e. The zero-order valence-corrected chi connectivity index (χ0v) is 17.8. The van der Waals surface area contributed by atoms with Crippen LogP contribution in [0.4, 0.5) is 4.39 Å². The Kier molecular flexibility index (Phi) is 4.19. The molecule has 1 fully saturated rings. The topological polar surface area (TPSA) is 91.9 Å². The van der Waals surface area contributed by atoms with Gasteiger partial charge in [-0.15, -0.1) is 0 Å². The molecule has 0 bridgehead atoms. The van der Waals surface area contributed by atoms with Gasteiger partial charge in [0, 0.05) is 34.6 Å². The zero-order valence-electron chi connectivity index (χ0n) is 17.8. The van der Waals surface area contributed by atoms with Gasteiger partial charge in [-0.2, -0.15) is 0 Å². The molecular formula is C25H19FN4O3. The predicted molar refractivity (Wildman–Crippen MR) is 118 cm³/mol. The number of halogens is 1. The van der Waals surface area contributed by atoms with Crippen molar-refractivity contribution in [3.63, 3.8) is 0 Å². The highest BCUT2D eigenvalue weighted by Gasteiger charge is 2.48. The lowest BCUT2D eigenvalue weighted by atomic mass is 9.79. The summed E-state index contributed by atoms with van der Waals surface area (Å²) in [4.78, 5) is 12.8. The number of benzene rings is 2. The number of nitrogens with two attached hydrogens (primary N) is 1. The molecule has 1 spiro atoms. The van der Waals surface area contributed by atoms with E-state index in [1.165, 1.54) is 12.4 Å². The monoisotopic (exact) mass is 442 g/mol. The molecule has 3 aromatic rings. The van der Waals surface area contributed by atoms with Crippen molar-refractivity contribution in [3.05, 3.63) is 71.6 Å². The van der Waals surface area contributed by atoms with Crippen LogP contribution in [0.25, 0.3) is 11.1 Å². The average Bonchev–Trinajstić information content (AvgIpc) is 3.20. The number of hydrogen-bond donors (Lipinski definition) is 1. The van der Waals surface area contributed by atoms with E-state index >= 15 is 4.39 Å². The summed E-state index contributed by atoms with van der Waals surface area (Å²) in [7, 11) is 0. The molecule has 33 heavy (non-hydrogen) atoms. The van der Waals surface area contributed by atoms with Crippen molar-refractivity contribution < 1.29 is 18.6 Å². The molecule has 2 N–H and O–H groups in total. The van der Waals surface area contributed by atoms with Gasteiger partial charge in [-0.1, -0.05) is 17.9 Å². The van der Waals surface area contributed by atoms with Crippen LogP contribution < -0.4 is 10.5 Å². The van der Waals surface area contributed by atoms with Crippen LogP contribution in [0.2, 0.25) is 0 Å². The number of amidine groups is 1. The first kappa shape index (κ1) is 19.7. The molecule has 3 aliphatic heterocycles. The smallest absolute Gasteiger partial charge is 0.283 e. The third-order valence-corrected chi connectivity index (χ3v) is 6.10. The molecule has 0 aliphatic carbocycles. The minimum absolute atomic E-state index is 0.0401. The highest BCUT2D eigenvalue weighted by molar-refractivity contribution is 5.78. The molecule has 8 heteroatoms. The lowest BCUT2D eigenvalue weighted by molar-refractivity contribution is -0.0648. The fourth-order valence-corrected chi connectivity index (χ4v) is 4.31. The summed E-state index contributed by atoms with van der Waals surface area (Å²) in [6.45, 7) is 3.27. The second kappa shape index (κ2) is 7.02. The van der Waals surface area contributed by atoms with Gasteiger partial charge in [0.2, 0.25) is 0 Å². The molecule has 1 saturated heterocycles. The lowest BCUT2D eigenvalue weighted by Crippen LogP contribution is -2.38. The summed E-state index contributed by atoms with van der Waals surface area (Å²) >= 11 is 0. The Morgan fingerprint density at radius 2 is 1.85 bits per heavy atom. The molecule has 4 heterocycles. The van der Waals surface area contributed by atoms with E-state index in [1.807, 2.05) is 19.1 Å². The minimum atomic E-state index is -1.05. The van der Waals surface area contributed by atoms with Gasteiger partial charge in [-0.3, -0.25) is 0 Å². The van der Waals surface area contributed by atoms with Crippen molar-refractivity contribution in [2.75, 3.05) is 19.8 Å². The first-order valence-corrected chi connectivity index (χ1v) is 10.5. The number of hydrogen-bond acceptors (Lipinski definition) is 7. The van der Waals surface area contributed by atoms with Gasteiger partial charge >= 0.3 is 0 Å². The number of ether oxygens (including phenoxy) is 3. The normalized spacial score (nSPS) is 21.5. The number of fused-ring (bicyclic) bond motifs is 4. The zero-order chi connectivity index (χ0) is 22.6. The van der Waals surface area contributed by atoms with Gasteiger partial charge in [-0.25, -0.2) is 19.4 Å². The first-order chi connectivity index (χ1) is 16.0. The van der Waals surface area contributed by atoms with Crippen LogP contribution in [0.15, 0.2) is 54.0 Å². The van der Waals surface area contributed by atoms with E-state index in [1.54, 1.807) is 24.5 Å². The van der Waals surface area contributed by atoms with Gasteiger partial charge < -0.3 is 19.9 Å². The molecule has 7 nitrogen and oxygen atoms in total. The maximum Gasteiger partial charge on any atom is 0.283 e. The predicted octanol–water partition coefficient (Wildman–Crippen LogP) is 3.36. The molecule has 2 aromatic carbocycles. The highest BCUT2D eigenvalue weighted by atomic mass is 19.1. The molecule has 1 atom stereocenters. The van der Waals surface area contributed by atoms with Crippen molar-refractivity contribution in [1.29, 1.82) is 0 Å². The van der Waals surface area contributed by atoms with Crippen molar-refractivity contribution in [2.24, 2.45) is 16.1 Å². The fourth-order valence-electron chi connectivity index (χ4n) is 4.31. The summed E-state index contributed by atoms with van der Waals surface area (Å²) in [6.07, 6.45) is 4.92. The quantitative estimate of drug-likeness (QED) is 0.581. The van der Waals surface area contributed by atoms with E-state index in [2.05, 4.69) is 26.8 Å². The maximum atomic E-state index is 15.3. The highest BCUT2D eigenvalue weighted by Crippen LogP contribution is 2.52. The molecule has 3 aliphatic rings. The van der Waals surface area contributed by atoms with Crippen LogP contribution in [0.3, 0.4) is 0 Å². The van der Waals surface area contributed by atoms with Gasteiger partial charge in [0.15, 0.2) is 17.1 Å². The summed E-state index contributed by atoms with van der Waals surface area (Å²) in [5.41, 5.74) is 8.15. The summed E-state index contributed by atoms with van der Waals surface area (Å²) < 4.78 is 32.1. The molecule has 0 saturated carbocycles. The van der Waals surface area contributed by atoms with Crippen LogP contribution in [-0.2, 0) is 15.0 Å². The molecule has 0 unspecified atom stereocenters. The summed E-state index contributed by atoms with van der Waals surface area (Å²) in [5.74, 6) is 6.36. The fraction of sp³-hybridized carbons (Fsp3) is 0.240. The Morgan fingerprint density at radius 1 is 1.03 bits per heavy atom. The Balaban J connectivity index is 1.53. The van der Waals surface area contributed by atoms with Crippen LogP contribution in [-0.4, -0.2) is 35.8 Å². The molecule has 1 aromatic heterocycles. The van der Waals surface area contributed by atoms with Crippen molar-refractivity contribution in [1.82, 2.24) is 9.97 Å². The maximum absolute atomic E-state index is 15.3. The van der Waals surface area contributed by atoms with E-state index in [4.69, 9.17) is 19.9 Å². The van der Waals surface area contributed by atoms with E-state index in [0.717, 1.165) is 16.7 Å². The van der Waals surface area contributed by atoms with Crippen LogP contribution in [0.1, 0.15) is 23.6 Å². The Labute approximate surface area is 189 Å². The van der Waals surface area contributed by atoms with E-state index in [0.29, 0.717) is 30.1 Å². The SMILES string of the molecule is CC1(C#Cc2cc(F)c3c(c2)[C@]2(COC(N)=N2)c2cc(-c4cncnc4)ccc2O3)COC1. The van der Waals surface area contributed by atoms with Crippen molar-refractivity contribution >= 4 is 6.02 Å². The third-order valence-electron chi connectivity index (χ3n) is 6.10. The summed E-state index contributed by atoms with van der Waals surface area (Å²) in [5, 5.41) is 0. The average molecular weight is 442 g/mol. The van der Waals surface area contributed by atoms with Crippen LogP contribution >= 0.6 is 0 Å². The number of nitrogens with zero attached hydrogens (tertiary/aromatic N) is 3. The second-order valence-corrected chi connectivity index (χ2v) is 8.68. The van der Waals surface area contributed by atoms with Gasteiger partial charge in [0.25, 0.3) is 6.02 Å². The van der Waals surface area contributed by atoms with Crippen LogP contribution in [0, 0.1) is 23.1 Å². The first-order valence-electron chi connectivity index (χ1n) is 10.5. The molecule has 164 valence electrons. The summed E-state index contributed by atoms with van der Waals surface area (Å²) in [6, 6.07) is 8.83. The molecule has 0 radical (unpaired) electrons. The molecule has 6 rings (SSSR count). The Morgan fingerprint density at radius 3 is 2.55 bits per heavy atom. The minimum Gasteiger partial charge on any atom is -0.462 e. The van der Waals surface area contributed by atoms with E-state index in [-0.39, 0.29) is 23.8 Å². The van der Waals surface area contributed by atoms with Gasteiger partial charge in [-0.05, 0) is 36.8 Å². The van der Waals surface area contributed by atoms with E-state index in [9.17, 15) is 0 Å². The lowest BCUT2D eigenvalue weighted by Gasteiger charge is -2.34. The second-order valence-electron chi connectivity index (χ2n) is 8.68.